The quantitative estimate of drug-likeness (QED) is 0.845. The highest BCUT2D eigenvalue weighted by Gasteiger charge is 2.21. The molecule has 0 saturated heterocycles. The van der Waals surface area contributed by atoms with Crippen LogP contribution < -0.4 is 5.32 Å². The van der Waals surface area contributed by atoms with Crippen molar-refractivity contribution in [3.05, 3.63) is 70.2 Å². The standard InChI is InChI=1S/C19H20ClNOS/c20-17-10-4-2-7-15(17)12-23-13-19(22)21-18-11-5-8-14-6-1-3-9-16(14)18/h1-4,6-7,9-10,18H,5,8,11-13H2,(H,21,22)/t18-/m1/s1. The van der Waals surface area contributed by atoms with E-state index in [1.54, 1.807) is 11.8 Å². The molecule has 0 fully saturated rings. The summed E-state index contributed by atoms with van der Waals surface area (Å²) in [6, 6.07) is 16.4. The zero-order valence-electron chi connectivity index (χ0n) is 12.9. The lowest BCUT2D eigenvalue weighted by Crippen LogP contribution is -2.32. The molecule has 120 valence electrons. The molecule has 0 radical (unpaired) electrons. The number of halogens is 1. The van der Waals surface area contributed by atoms with Gasteiger partial charge in [0.15, 0.2) is 0 Å². The van der Waals surface area contributed by atoms with E-state index in [0.29, 0.717) is 5.75 Å². The summed E-state index contributed by atoms with van der Waals surface area (Å²) in [5.74, 6) is 1.32. The van der Waals surface area contributed by atoms with Crippen molar-refractivity contribution in [1.29, 1.82) is 0 Å². The lowest BCUT2D eigenvalue weighted by atomic mass is 9.88. The van der Waals surface area contributed by atoms with Gasteiger partial charge in [-0.05, 0) is 42.0 Å². The van der Waals surface area contributed by atoms with Crippen molar-refractivity contribution in [3.8, 4) is 0 Å². The van der Waals surface area contributed by atoms with E-state index in [4.69, 9.17) is 11.6 Å². The van der Waals surface area contributed by atoms with Gasteiger partial charge in [-0.15, -0.1) is 11.8 Å². The van der Waals surface area contributed by atoms with Crippen molar-refractivity contribution >= 4 is 29.3 Å². The average Bonchev–Trinajstić information content (AvgIpc) is 2.57. The van der Waals surface area contributed by atoms with E-state index >= 15 is 0 Å². The SMILES string of the molecule is O=C(CSCc1ccccc1Cl)N[C@@H]1CCCc2ccccc21. The first-order valence-corrected chi connectivity index (χ1v) is 9.45. The maximum Gasteiger partial charge on any atom is 0.230 e. The summed E-state index contributed by atoms with van der Waals surface area (Å²) in [5, 5.41) is 3.95. The lowest BCUT2D eigenvalue weighted by molar-refractivity contribution is -0.119. The summed E-state index contributed by atoms with van der Waals surface area (Å²) in [5.41, 5.74) is 3.73. The van der Waals surface area contributed by atoms with E-state index in [9.17, 15) is 4.79 Å². The van der Waals surface area contributed by atoms with Crippen molar-refractivity contribution in [2.24, 2.45) is 0 Å². The maximum atomic E-state index is 12.2. The maximum absolute atomic E-state index is 12.2. The highest BCUT2D eigenvalue weighted by atomic mass is 35.5. The molecule has 2 aromatic rings. The van der Waals surface area contributed by atoms with Crippen molar-refractivity contribution in [2.45, 2.75) is 31.1 Å². The first-order chi connectivity index (χ1) is 11.2. The van der Waals surface area contributed by atoms with Gasteiger partial charge >= 0.3 is 0 Å². The van der Waals surface area contributed by atoms with Gasteiger partial charge in [0.2, 0.25) is 5.91 Å². The van der Waals surface area contributed by atoms with Crippen molar-refractivity contribution in [3.63, 3.8) is 0 Å². The summed E-state index contributed by atoms with van der Waals surface area (Å²) in [7, 11) is 0. The molecule has 0 heterocycles. The molecular formula is C19H20ClNOS. The van der Waals surface area contributed by atoms with Gasteiger partial charge in [-0.1, -0.05) is 54.1 Å². The van der Waals surface area contributed by atoms with E-state index in [1.807, 2.05) is 24.3 Å². The Morgan fingerprint density at radius 3 is 2.83 bits per heavy atom. The second-order valence-electron chi connectivity index (χ2n) is 5.80. The number of rotatable bonds is 5. The Bertz CT molecular complexity index is 689. The van der Waals surface area contributed by atoms with Gasteiger partial charge in [0.1, 0.15) is 0 Å². The number of aryl methyl sites for hydroxylation is 1. The summed E-state index contributed by atoms with van der Waals surface area (Å²) in [6.07, 6.45) is 3.27. The Kier molecular flexibility index (Phi) is 5.63. The first kappa shape index (κ1) is 16.4. The summed E-state index contributed by atoms with van der Waals surface area (Å²) >= 11 is 7.74. The third-order valence-corrected chi connectivity index (χ3v) is 5.50. The van der Waals surface area contributed by atoms with Crippen molar-refractivity contribution < 1.29 is 4.79 Å². The normalized spacial score (nSPS) is 16.7. The largest absolute Gasteiger partial charge is 0.349 e. The molecule has 0 aromatic heterocycles. The predicted molar refractivity (Wildman–Crippen MR) is 97.9 cm³/mol. The van der Waals surface area contributed by atoms with Crippen LogP contribution in [-0.4, -0.2) is 11.7 Å². The molecule has 0 aliphatic heterocycles. The molecule has 1 N–H and O–H groups in total. The van der Waals surface area contributed by atoms with Gasteiger partial charge < -0.3 is 5.32 Å². The second-order valence-corrected chi connectivity index (χ2v) is 7.19. The first-order valence-electron chi connectivity index (χ1n) is 7.92. The Morgan fingerprint density at radius 2 is 1.96 bits per heavy atom. The Morgan fingerprint density at radius 1 is 1.17 bits per heavy atom. The van der Waals surface area contributed by atoms with Gasteiger partial charge in [-0.25, -0.2) is 0 Å². The number of nitrogens with one attached hydrogen (secondary N) is 1. The van der Waals surface area contributed by atoms with E-state index in [0.717, 1.165) is 35.6 Å². The van der Waals surface area contributed by atoms with Crippen LogP contribution in [0.3, 0.4) is 0 Å². The molecule has 23 heavy (non-hydrogen) atoms. The highest BCUT2D eigenvalue weighted by molar-refractivity contribution is 7.99. The van der Waals surface area contributed by atoms with Gasteiger partial charge in [0, 0.05) is 10.8 Å². The number of carbonyl (C=O) groups is 1. The average molecular weight is 346 g/mol. The molecule has 3 rings (SSSR count). The van der Waals surface area contributed by atoms with Crippen LogP contribution in [0.1, 0.15) is 35.6 Å². The van der Waals surface area contributed by atoms with Crippen molar-refractivity contribution in [2.75, 3.05) is 5.75 Å². The van der Waals surface area contributed by atoms with Crippen molar-refractivity contribution in [1.82, 2.24) is 5.32 Å². The minimum absolute atomic E-state index is 0.101. The smallest absolute Gasteiger partial charge is 0.230 e. The topological polar surface area (TPSA) is 29.1 Å². The molecule has 1 aliphatic rings. The van der Waals surface area contributed by atoms with Crippen LogP contribution in [0, 0.1) is 0 Å². The van der Waals surface area contributed by atoms with Crippen LogP contribution in [-0.2, 0) is 17.0 Å². The van der Waals surface area contributed by atoms with Crippen LogP contribution >= 0.6 is 23.4 Å². The number of carbonyl (C=O) groups excluding carboxylic acids is 1. The molecule has 1 aliphatic carbocycles. The molecular weight excluding hydrogens is 326 g/mol. The van der Waals surface area contributed by atoms with Gasteiger partial charge in [-0.3, -0.25) is 4.79 Å². The minimum Gasteiger partial charge on any atom is -0.349 e. The Hall–Kier alpha value is -1.45. The number of hydrogen-bond acceptors (Lipinski definition) is 2. The predicted octanol–water partition coefficient (Wildman–Crippen LogP) is 4.77. The molecule has 2 aromatic carbocycles. The fraction of sp³-hybridized carbons (Fsp3) is 0.316. The number of amides is 1. The van der Waals surface area contributed by atoms with Crippen LogP contribution in [0.5, 0.6) is 0 Å². The van der Waals surface area contributed by atoms with Gasteiger partial charge in [0.25, 0.3) is 0 Å². The summed E-state index contributed by atoms with van der Waals surface area (Å²) < 4.78 is 0. The molecule has 4 heteroatoms. The Balaban J connectivity index is 1.52. The third kappa shape index (κ3) is 4.30. The fourth-order valence-electron chi connectivity index (χ4n) is 3.01. The molecule has 1 amide bonds. The van der Waals surface area contributed by atoms with E-state index in [2.05, 4.69) is 29.6 Å². The van der Waals surface area contributed by atoms with E-state index < -0.39 is 0 Å². The lowest BCUT2D eigenvalue weighted by Gasteiger charge is -2.26. The highest BCUT2D eigenvalue weighted by Crippen LogP contribution is 2.29. The number of fused-ring (bicyclic) bond motifs is 1. The van der Waals surface area contributed by atoms with Crippen LogP contribution in [0.2, 0.25) is 5.02 Å². The molecule has 0 spiro atoms. The van der Waals surface area contributed by atoms with Crippen LogP contribution in [0.15, 0.2) is 48.5 Å². The molecule has 0 unspecified atom stereocenters. The van der Waals surface area contributed by atoms with Gasteiger partial charge in [0.05, 0.1) is 11.8 Å². The number of benzene rings is 2. The zero-order chi connectivity index (χ0) is 16.1. The third-order valence-electron chi connectivity index (χ3n) is 4.15. The Labute approximate surface area is 146 Å². The van der Waals surface area contributed by atoms with E-state index in [-0.39, 0.29) is 11.9 Å². The molecule has 1 atom stereocenters. The summed E-state index contributed by atoms with van der Waals surface area (Å²) in [6.45, 7) is 0. The number of hydrogen-bond donors (Lipinski definition) is 1. The molecule has 0 saturated carbocycles. The molecule has 0 bridgehead atoms. The van der Waals surface area contributed by atoms with Crippen LogP contribution in [0.4, 0.5) is 0 Å². The second kappa shape index (κ2) is 7.89. The fourth-order valence-corrected chi connectivity index (χ4v) is 4.13. The van der Waals surface area contributed by atoms with E-state index in [1.165, 1.54) is 11.1 Å². The van der Waals surface area contributed by atoms with Crippen LogP contribution in [0.25, 0.3) is 0 Å². The monoisotopic (exact) mass is 345 g/mol. The zero-order valence-corrected chi connectivity index (χ0v) is 14.5. The summed E-state index contributed by atoms with van der Waals surface area (Å²) in [4.78, 5) is 12.2. The number of thioether (sulfide) groups is 1. The minimum atomic E-state index is 0.101. The molecule has 2 nitrogen and oxygen atoms in total. The van der Waals surface area contributed by atoms with Gasteiger partial charge in [-0.2, -0.15) is 0 Å².